The van der Waals surface area contributed by atoms with Crippen LogP contribution < -0.4 is 5.32 Å². The normalized spacial score (nSPS) is 26.4. The van der Waals surface area contributed by atoms with E-state index in [0.29, 0.717) is 0 Å². The minimum atomic E-state index is 0.960. The van der Waals surface area contributed by atoms with Crippen molar-refractivity contribution < 1.29 is 0 Å². The maximum atomic E-state index is 3.47. The van der Waals surface area contributed by atoms with E-state index in [0.717, 1.165) is 5.92 Å². The standard InChI is InChI=1S/C15H32N4/c1-17(2)8-9-19-12-10-18(11-13-19)7-3-4-15-5-6-16-14-15/h15-16H,3-14H2,1-2H3. The van der Waals surface area contributed by atoms with Gasteiger partial charge in [0.1, 0.15) is 0 Å². The fourth-order valence-electron chi connectivity index (χ4n) is 3.14. The monoisotopic (exact) mass is 268 g/mol. The highest BCUT2D eigenvalue weighted by Crippen LogP contribution is 2.15. The van der Waals surface area contributed by atoms with Crippen LogP contribution in [0.25, 0.3) is 0 Å². The van der Waals surface area contributed by atoms with Gasteiger partial charge in [-0.2, -0.15) is 0 Å². The molecule has 0 aromatic heterocycles. The molecule has 0 aromatic carbocycles. The first-order valence-corrected chi connectivity index (χ1v) is 8.04. The molecule has 0 radical (unpaired) electrons. The van der Waals surface area contributed by atoms with Crippen LogP contribution in [-0.2, 0) is 0 Å². The topological polar surface area (TPSA) is 21.8 Å². The molecule has 2 aliphatic rings. The molecule has 2 saturated heterocycles. The van der Waals surface area contributed by atoms with E-state index in [-0.39, 0.29) is 0 Å². The summed E-state index contributed by atoms with van der Waals surface area (Å²) in [5.41, 5.74) is 0. The largest absolute Gasteiger partial charge is 0.316 e. The van der Waals surface area contributed by atoms with Crippen molar-refractivity contribution in [1.29, 1.82) is 0 Å². The van der Waals surface area contributed by atoms with Crippen molar-refractivity contribution in [1.82, 2.24) is 20.0 Å². The zero-order valence-corrected chi connectivity index (χ0v) is 12.9. The Hall–Kier alpha value is -0.160. The van der Waals surface area contributed by atoms with Crippen LogP contribution in [0, 0.1) is 5.92 Å². The van der Waals surface area contributed by atoms with Gasteiger partial charge < -0.3 is 15.1 Å². The maximum absolute atomic E-state index is 3.47. The quantitative estimate of drug-likeness (QED) is 0.728. The number of nitrogens with one attached hydrogen (secondary N) is 1. The summed E-state index contributed by atoms with van der Waals surface area (Å²) < 4.78 is 0. The molecule has 0 aromatic rings. The van der Waals surface area contributed by atoms with Gasteiger partial charge in [0, 0.05) is 39.3 Å². The number of hydrogen-bond donors (Lipinski definition) is 1. The maximum Gasteiger partial charge on any atom is 0.0110 e. The molecule has 1 N–H and O–H groups in total. The Morgan fingerprint density at radius 1 is 1.05 bits per heavy atom. The summed E-state index contributed by atoms with van der Waals surface area (Å²) in [5.74, 6) is 0.960. The molecule has 0 aliphatic carbocycles. The average Bonchev–Trinajstić information content (AvgIpc) is 2.91. The summed E-state index contributed by atoms with van der Waals surface area (Å²) in [6, 6.07) is 0. The highest BCUT2D eigenvalue weighted by Gasteiger charge is 2.18. The summed E-state index contributed by atoms with van der Waals surface area (Å²) >= 11 is 0. The van der Waals surface area contributed by atoms with Crippen LogP contribution in [0.4, 0.5) is 0 Å². The molecule has 4 nitrogen and oxygen atoms in total. The van der Waals surface area contributed by atoms with Crippen LogP contribution >= 0.6 is 0 Å². The van der Waals surface area contributed by atoms with Gasteiger partial charge in [0.15, 0.2) is 0 Å². The van der Waals surface area contributed by atoms with Crippen molar-refractivity contribution in [2.45, 2.75) is 19.3 Å². The molecule has 2 rings (SSSR count). The summed E-state index contributed by atoms with van der Waals surface area (Å²) in [6.45, 7) is 11.3. The molecule has 112 valence electrons. The highest BCUT2D eigenvalue weighted by atomic mass is 15.3. The Bertz CT molecular complexity index is 230. The third-order valence-electron chi connectivity index (χ3n) is 4.58. The van der Waals surface area contributed by atoms with Crippen molar-refractivity contribution >= 4 is 0 Å². The summed E-state index contributed by atoms with van der Waals surface area (Å²) in [4.78, 5) is 7.55. The Morgan fingerprint density at radius 2 is 1.74 bits per heavy atom. The second-order valence-electron chi connectivity index (χ2n) is 6.49. The molecule has 19 heavy (non-hydrogen) atoms. The second kappa shape index (κ2) is 8.20. The lowest BCUT2D eigenvalue weighted by molar-refractivity contribution is 0.123. The predicted molar refractivity (Wildman–Crippen MR) is 81.6 cm³/mol. The van der Waals surface area contributed by atoms with Crippen molar-refractivity contribution in [3.8, 4) is 0 Å². The van der Waals surface area contributed by atoms with Gasteiger partial charge in [-0.1, -0.05) is 0 Å². The lowest BCUT2D eigenvalue weighted by atomic mass is 10.0. The van der Waals surface area contributed by atoms with Crippen molar-refractivity contribution in [2.24, 2.45) is 5.92 Å². The number of nitrogens with zero attached hydrogens (tertiary/aromatic N) is 3. The molecule has 0 spiro atoms. The summed E-state index contributed by atoms with van der Waals surface area (Å²) in [5, 5.41) is 3.47. The van der Waals surface area contributed by atoms with Crippen LogP contribution in [-0.4, -0.2) is 87.7 Å². The molecular formula is C15H32N4. The molecule has 1 unspecified atom stereocenters. The van der Waals surface area contributed by atoms with Crippen molar-refractivity contribution in [3.63, 3.8) is 0 Å². The number of rotatable bonds is 7. The average molecular weight is 268 g/mol. The Labute approximate surface area is 119 Å². The third kappa shape index (κ3) is 5.78. The lowest BCUT2D eigenvalue weighted by Gasteiger charge is -2.35. The zero-order chi connectivity index (χ0) is 13.5. The van der Waals surface area contributed by atoms with Gasteiger partial charge in [-0.3, -0.25) is 4.90 Å². The molecule has 2 aliphatic heterocycles. The minimum Gasteiger partial charge on any atom is -0.316 e. The third-order valence-corrected chi connectivity index (χ3v) is 4.58. The minimum absolute atomic E-state index is 0.960. The van der Waals surface area contributed by atoms with E-state index in [4.69, 9.17) is 0 Å². The van der Waals surface area contributed by atoms with Gasteiger partial charge in [-0.15, -0.1) is 0 Å². The van der Waals surface area contributed by atoms with E-state index in [1.807, 2.05) is 0 Å². The predicted octanol–water partition coefficient (Wildman–Crippen LogP) is 0.555. The van der Waals surface area contributed by atoms with Crippen LogP contribution in [0.1, 0.15) is 19.3 Å². The van der Waals surface area contributed by atoms with E-state index in [1.54, 1.807) is 0 Å². The van der Waals surface area contributed by atoms with Gasteiger partial charge in [-0.05, 0) is 58.9 Å². The molecule has 4 heteroatoms. The van der Waals surface area contributed by atoms with Gasteiger partial charge in [0.2, 0.25) is 0 Å². The Kier molecular flexibility index (Phi) is 6.57. The van der Waals surface area contributed by atoms with Gasteiger partial charge in [0.25, 0.3) is 0 Å². The van der Waals surface area contributed by atoms with E-state index in [9.17, 15) is 0 Å². The summed E-state index contributed by atoms with van der Waals surface area (Å²) in [7, 11) is 4.32. The number of piperazine rings is 1. The Balaban J connectivity index is 1.50. The molecule has 2 heterocycles. The fraction of sp³-hybridized carbons (Fsp3) is 1.00. The lowest BCUT2D eigenvalue weighted by Crippen LogP contribution is -2.48. The van der Waals surface area contributed by atoms with Crippen molar-refractivity contribution in [2.75, 3.05) is 73.0 Å². The SMILES string of the molecule is CN(C)CCN1CCN(CCCC2CCNC2)CC1. The second-order valence-corrected chi connectivity index (χ2v) is 6.49. The molecule has 0 saturated carbocycles. The zero-order valence-electron chi connectivity index (χ0n) is 12.9. The molecule has 0 amide bonds. The van der Waals surface area contributed by atoms with Gasteiger partial charge >= 0.3 is 0 Å². The van der Waals surface area contributed by atoms with Gasteiger partial charge in [0.05, 0.1) is 0 Å². The first-order chi connectivity index (χ1) is 9.24. The Morgan fingerprint density at radius 3 is 2.32 bits per heavy atom. The first-order valence-electron chi connectivity index (χ1n) is 8.04. The van der Waals surface area contributed by atoms with E-state index < -0.39 is 0 Å². The fourth-order valence-corrected chi connectivity index (χ4v) is 3.14. The number of hydrogen-bond acceptors (Lipinski definition) is 4. The van der Waals surface area contributed by atoms with E-state index in [2.05, 4.69) is 34.1 Å². The van der Waals surface area contributed by atoms with Gasteiger partial charge in [-0.25, -0.2) is 0 Å². The summed E-state index contributed by atoms with van der Waals surface area (Å²) in [6.07, 6.45) is 4.22. The van der Waals surface area contributed by atoms with Crippen LogP contribution in [0.2, 0.25) is 0 Å². The van der Waals surface area contributed by atoms with Crippen LogP contribution in [0.3, 0.4) is 0 Å². The van der Waals surface area contributed by atoms with Crippen LogP contribution in [0.15, 0.2) is 0 Å². The molecule has 0 bridgehead atoms. The highest BCUT2D eigenvalue weighted by molar-refractivity contribution is 4.75. The molecular weight excluding hydrogens is 236 g/mol. The van der Waals surface area contributed by atoms with E-state index >= 15 is 0 Å². The smallest absolute Gasteiger partial charge is 0.0110 e. The number of likely N-dealkylation sites (N-methyl/N-ethyl adjacent to an activating group) is 1. The molecule has 1 atom stereocenters. The van der Waals surface area contributed by atoms with Crippen molar-refractivity contribution in [3.05, 3.63) is 0 Å². The van der Waals surface area contributed by atoms with E-state index in [1.165, 1.54) is 78.2 Å². The first kappa shape index (κ1) is 15.2. The van der Waals surface area contributed by atoms with Crippen LogP contribution in [0.5, 0.6) is 0 Å². The molecule has 2 fully saturated rings.